The molecule has 1 heterocycles. The van der Waals surface area contributed by atoms with Gasteiger partial charge in [-0.3, -0.25) is 4.98 Å². The van der Waals surface area contributed by atoms with E-state index in [4.69, 9.17) is 19.8 Å². The summed E-state index contributed by atoms with van der Waals surface area (Å²) in [7, 11) is -2.17. The molecule has 6 nitrogen and oxygen atoms in total. The average Bonchev–Trinajstić information content (AvgIpc) is 2.15. The number of hydrogen-bond donors (Lipinski definition) is 4. The van der Waals surface area contributed by atoms with Gasteiger partial charge in [0.15, 0.2) is 0 Å². The van der Waals surface area contributed by atoms with Crippen LogP contribution >= 0.6 is 0 Å². The second-order valence-corrected chi connectivity index (χ2v) is 4.70. The number of ether oxygens (including phenoxy) is 1. The standard InChI is InChI=1S/C11H17NO2.BH3O3/c1-10(2,13)11(3,4)14-9-5-7-12-8-6-9;2-1(3)4/h5-8,13H,1-4H3;2-4H. The van der Waals surface area contributed by atoms with Crippen molar-refractivity contribution in [3.63, 3.8) is 0 Å². The summed E-state index contributed by atoms with van der Waals surface area (Å²) in [5.74, 6) is 0.715. The van der Waals surface area contributed by atoms with Crippen LogP contribution < -0.4 is 4.74 Å². The number of nitrogens with zero attached hydrogens (tertiary/aromatic N) is 1. The highest BCUT2D eigenvalue weighted by atomic mass is 16.5. The van der Waals surface area contributed by atoms with Gasteiger partial charge in [-0.05, 0) is 39.8 Å². The van der Waals surface area contributed by atoms with Crippen LogP contribution in [0.3, 0.4) is 0 Å². The van der Waals surface area contributed by atoms with Crippen LogP contribution in [-0.2, 0) is 0 Å². The fourth-order valence-corrected chi connectivity index (χ4v) is 0.826. The van der Waals surface area contributed by atoms with E-state index in [-0.39, 0.29) is 0 Å². The summed E-state index contributed by atoms with van der Waals surface area (Å²) in [5.41, 5.74) is -1.52. The molecule has 0 aliphatic heterocycles. The third-order valence-corrected chi connectivity index (χ3v) is 2.50. The SMILES string of the molecule is CC(C)(O)C(C)(C)Oc1ccncc1.OB(O)O. The fraction of sp³-hybridized carbons (Fsp3) is 0.545. The quantitative estimate of drug-likeness (QED) is 0.566. The maximum atomic E-state index is 9.87. The van der Waals surface area contributed by atoms with Gasteiger partial charge in [0, 0.05) is 12.4 Å². The average molecular weight is 257 g/mol. The lowest BCUT2D eigenvalue weighted by Crippen LogP contribution is -2.49. The van der Waals surface area contributed by atoms with E-state index in [9.17, 15) is 5.11 Å². The lowest BCUT2D eigenvalue weighted by molar-refractivity contribution is -0.0906. The third-order valence-electron chi connectivity index (χ3n) is 2.50. The van der Waals surface area contributed by atoms with Crippen molar-refractivity contribution >= 4 is 7.32 Å². The Morgan fingerprint density at radius 2 is 1.44 bits per heavy atom. The number of pyridine rings is 1. The Kier molecular flexibility index (Phi) is 6.27. The Morgan fingerprint density at radius 1 is 1.06 bits per heavy atom. The molecule has 7 heteroatoms. The molecule has 0 radical (unpaired) electrons. The molecule has 1 rings (SSSR count). The minimum atomic E-state index is -2.17. The fourth-order valence-electron chi connectivity index (χ4n) is 0.826. The van der Waals surface area contributed by atoms with Crippen LogP contribution in [0.5, 0.6) is 5.75 Å². The van der Waals surface area contributed by atoms with Crippen molar-refractivity contribution < 1.29 is 24.9 Å². The molecule has 0 spiro atoms. The van der Waals surface area contributed by atoms with E-state index in [0.717, 1.165) is 0 Å². The van der Waals surface area contributed by atoms with E-state index < -0.39 is 18.5 Å². The summed E-state index contributed by atoms with van der Waals surface area (Å²) in [4.78, 5) is 3.90. The summed E-state index contributed by atoms with van der Waals surface area (Å²) >= 11 is 0. The highest BCUT2D eigenvalue weighted by molar-refractivity contribution is 6.30. The summed E-state index contributed by atoms with van der Waals surface area (Å²) in [6.45, 7) is 7.17. The molecule has 18 heavy (non-hydrogen) atoms. The van der Waals surface area contributed by atoms with Gasteiger partial charge >= 0.3 is 7.32 Å². The van der Waals surface area contributed by atoms with Crippen LogP contribution in [0.2, 0.25) is 0 Å². The topological polar surface area (TPSA) is 103 Å². The molecule has 0 aliphatic rings. The van der Waals surface area contributed by atoms with Gasteiger partial charge in [-0.25, -0.2) is 0 Å². The normalized spacial score (nSPS) is 11.3. The molecule has 0 amide bonds. The Morgan fingerprint density at radius 3 is 1.78 bits per heavy atom. The maximum absolute atomic E-state index is 9.87. The molecule has 1 aromatic rings. The van der Waals surface area contributed by atoms with Gasteiger partial charge in [-0.1, -0.05) is 0 Å². The first-order chi connectivity index (χ1) is 8.06. The van der Waals surface area contributed by atoms with E-state index in [0.29, 0.717) is 5.75 Å². The zero-order valence-corrected chi connectivity index (χ0v) is 11.0. The van der Waals surface area contributed by atoms with E-state index in [1.54, 1.807) is 38.4 Å². The van der Waals surface area contributed by atoms with Crippen LogP contribution in [0, 0.1) is 0 Å². The van der Waals surface area contributed by atoms with E-state index >= 15 is 0 Å². The maximum Gasteiger partial charge on any atom is 0.631 e. The molecular weight excluding hydrogens is 237 g/mol. The second-order valence-electron chi connectivity index (χ2n) is 4.70. The van der Waals surface area contributed by atoms with Gasteiger partial charge < -0.3 is 24.9 Å². The van der Waals surface area contributed by atoms with Crippen molar-refractivity contribution in [1.29, 1.82) is 0 Å². The zero-order chi connectivity index (χ0) is 14.4. The van der Waals surface area contributed by atoms with Gasteiger partial charge in [-0.15, -0.1) is 0 Å². The Hall–Kier alpha value is -1.15. The summed E-state index contributed by atoms with van der Waals surface area (Å²) in [5, 5.41) is 31.4. The largest absolute Gasteiger partial charge is 0.631 e. The Bertz CT molecular complexity index is 334. The van der Waals surface area contributed by atoms with Crippen LogP contribution in [-0.4, -0.2) is 43.7 Å². The first-order valence-corrected chi connectivity index (χ1v) is 5.42. The highest BCUT2D eigenvalue weighted by Gasteiger charge is 2.37. The molecule has 0 saturated heterocycles. The van der Waals surface area contributed by atoms with Crippen LogP contribution in [0.15, 0.2) is 24.5 Å². The first-order valence-electron chi connectivity index (χ1n) is 5.42. The molecule has 0 aromatic carbocycles. The van der Waals surface area contributed by atoms with E-state index in [1.165, 1.54) is 0 Å². The Balaban J connectivity index is 0.000000631. The summed E-state index contributed by atoms with van der Waals surface area (Å²) in [6, 6.07) is 3.54. The smallest absolute Gasteiger partial charge is 0.485 e. The highest BCUT2D eigenvalue weighted by Crippen LogP contribution is 2.27. The molecule has 102 valence electrons. The molecule has 4 N–H and O–H groups in total. The number of rotatable bonds is 3. The lowest BCUT2D eigenvalue weighted by atomic mass is 9.89. The van der Waals surface area contributed by atoms with Gasteiger partial charge in [0.05, 0.1) is 5.60 Å². The lowest BCUT2D eigenvalue weighted by Gasteiger charge is -2.37. The van der Waals surface area contributed by atoms with Crippen molar-refractivity contribution in [1.82, 2.24) is 4.98 Å². The molecular formula is C11H20BNO5. The van der Waals surface area contributed by atoms with Crippen molar-refractivity contribution in [2.24, 2.45) is 0 Å². The molecule has 0 unspecified atom stereocenters. The van der Waals surface area contributed by atoms with Crippen molar-refractivity contribution in [2.75, 3.05) is 0 Å². The zero-order valence-electron chi connectivity index (χ0n) is 11.0. The van der Waals surface area contributed by atoms with Crippen molar-refractivity contribution in [2.45, 2.75) is 38.9 Å². The predicted octanol–water partition coefficient (Wildman–Crippen LogP) is -0.0419. The molecule has 0 saturated carbocycles. The molecule has 0 atom stereocenters. The first kappa shape index (κ1) is 16.9. The molecule has 0 bridgehead atoms. The third kappa shape index (κ3) is 6.56. The van der Waals surface area contributed by atoms with Gasteiger partial charge in [-0.2, -0.15) is 0 Å². The summed E-state index contributed by atoms with van der Waals surface area (Å²) in [6.07, 6.45) is 3.32. The number of aliphatic hydroxyl groups is 1. The van der Waals surface area contributed by atoms with E-state index in [1.807, 2.05) is 13.8 Å². The van der Waals surface area contributed by atoms with Crippen LogP contribution in [0.25, 0.3) is 0 Å². The van der Waals surface area contributed by atoms with Gasteiger partial charge in [0.1, 0.15) is 11.4 Å². The van der Waals surface area contributed by atoms with Crippen LogP contribution in [0.4, 0.5) is 0 Å². The molecule has 0 fully saturated rings. The second kappa shape index (κ2) is 6.70. The minimum absolute atomic E-state index is 0.631. The number of aromatic nitrogens is 1. The van der Waals surface area contributed by atoms with Gasteiger partial charge in [0.2, 0.25) is 0 Å². The van der Waals surface area contributed by atoms with E-state index in [2.05, 4.69) is 4.98 Å². The predicted molar refractivity (Wildman–Crippen MR) is 67.7 cm³/mol. The minimum Gasteiger partial charge on any atom is -0.485 e. The van der Waals surface area contributed by atoms with Crippen molar-refractivity contribution in [3.8, 4) is 5.75 Å². The molecule has 1 aromatic heterocycles. The monoisotopic (exact) mass is 257 g/mol. The van der Waals surface area contributed by atoms with Crippen molar-refractivity contribution in [3.05, 3.63) is 24.5 Å². The van der Waals surface area contributed by atoms with Gasteiger partial charge in [0.25, 0.3) is 0 Å². The molecule has 0 aliphatic carbocycles. The Labute approximate surface area is 107 Å². The number of hydrogen-bond acceptors (Lipinski definition) is 6. The summed E-state index contributed by atoms with van der Waals surface area (Å²) < 4.78 is 5.68. The van der Waals surface area contributed by atoms with Crippen LogP contribution in [0.1, 0.15) is 27.7 Å².